The lowest BCUT2D eigenvalue weighted by atomic mass is 9.68. The van der Waals surface area contributed by atoms with Crippen LogP contribution in [0.3, 0.4) is 0 Å². The Morgan fingerprint density at radius 2 is 1.06 bits per heavy atom. The van der Waals surface area contributed by atoms with Crippen LogP contribution in [0.25, 0.3) is 0 Å². The monoisotopic (exact) mass is 504 g/mol. The first-order valence-corrected chi connectivity index (χ1v) is 14.0. The summed E-state index contributed by atoms with van der Waals surface area (Å²) in [7, 11) is -7.61. The minimum absolute atomic E-state index is 0.121. The van der Waals surface area contributed by atoms with E-state index in [4.69, 9.17) is 0 Å². The third kappa shape index (κ3) is 5.16. The molecule has 11 heteroatoms. The molecule has 0 saturated heterocycles. The van der Waals surface area contributed by atoms with Gasteiger partial charge in [-0.25, -0.2) is 9.66 Å². The van der Waals surface area contributed by atoms with Crippen LogP contribution in [0.15, 0.2) is 68.5 Å². The van der Waals surface area contributed by atoms with Crippen molar-refractivity contribution in [1.29, 1.82) is 0 Å². The number of fused-ring (bicyclic) bond motifs is 2. The fourth-order valence-corrected chi connectivity index (χ4v) is 6.06. The standard InChI is InChI=1S/C23H28N4O5S2/c1-15-3-7-17(8-4-15)33(29,30)26-24-21-13-11-20-22(14-12-19(21)23(20)28)25-27-34(31,32)18-9-5-16(2)6-10-18/h3-10,19-20,23,26-28H,11-14H2,1-2H3. The SMILES string of the molecule is Cc1ccc(S(=O)(=O)NN=C2CCC3C(=NNS(=O)(=O)c4ccc(C)cc4)CCC2C3O)cc1. The fraction of sp³-hybridized carbons (Fsp3) is 0.391. The van der Waals surface area contributed by atoms with Crippen LogP contribution in [0, 0.1) is 25.7 Å². The molecule has 182 valence electrons. The van der Waals surface area contributed by atoms with Crippen LogP contribution in [-0.4, -0.2) is 39.5 Å². The van der Waals surface area contributed by atoms with Crippen LogP contribution in [0.2, 0.25) is 0 Å². The zero-order valence-electron chi connectivity index (χ0n) is 19.0. The third-order valence-electron chi connectivity index (χ3n) is 6.38. The Hall–Kier alpha value is -2.76. The summed E-state index contributed by atoms with van der Waals surface area (Å²) in [6.45, 7) is 3.75. The molecule has 0 radical (unpaired) electrons. The van der Waals surface area contributed by atoms with Crippen LogP contribution in [0.5, 0.6) is 0 Å². The van der Waals surface area contributed by atoms with Crippen molar-refractivity contribution in [2.24, 2.45) is 22.0 Å². The summed E-state index contributed by atoms with van der Waals surface area (Å²) in [5.41, 5.74) is 3.09. The molecule has 2 aliphatic rings. The molecule has 2 fully saturated rings. The molecule has 4 rings (SSSR count). The second kappa shape index (κ2) is 9.47. The average Bonchev–Trinajstić information content (AvgIpc) is 2.78. The van der Waals surface area contributed by atoms with Gasteiger partial charge in [-0.3, -0.25) is 0 Å². The molecule has 0 heterocycles. The Bertz CT molecular complexity index is 1210. The smallest absolute Gasteiger partial charge is 0.276 e. The van der Waals surface area contributed by atoms with Crippen molar-refractivity contribution in [2.45, 2.75) is 55.4 Å². The highest BCUT2D eigenvalue weighted by molar-refractivity contribution is 7.89. The number of hydrogen-bond donors (Lipinski definition) is 3. The van der Waals surface area contributed by atoms with E-state index in [1.165, 1.54) is 24.3 Å². The Kier molecular flexibility index (Phi) is 6.79. The van der Waals surface area contributed by atoms with E-state index in [1.807, 2.05) is 13.8 Å². The summed E-state index contributed by atoms with van der Waals surface area (Å²) in [6, 6.07) is 12.9. The molecular weight excluding hydrogens is 476 g/mol. The number of benzene rings is 2. The maximum absolute atomic E-state index is 12.5. The van der Waals surface area contributed by atoms with Gasteiger partial charge in [-0.1, -0.05) is 35.4 Å². The van der Waals surface area contributed by atoms with Crippen molar-refractivity contribution in [3.63, 3.8) is 0 Å². The fourth-order valence-electron chi connectivity index (χ4n) is 4.38. The van der Waals surface area contributed by atoms with Gasteiger partial charge in [0.25, 0.3) is 20.0 Å². The van der Waals surface area contributed by atoms with Gasteiger partial charge in [0.1, 0.15) is 0 Å². The average molecular weight is 505 g/mol. The molecule has 0 aromatic heterocycles. The lowest BCUT2D eigenvalue weighted by Gasteiger charge is -2.40. The van der Waals surface area contributed by atoms with Crippen molar-refractivity contribution in [3.8, 4) is 0 Å². The van der Waals surface area contributed by atoms with Crippen molar-refractivity contribution in [3.05, 3.63) is 59.7 Å². The van der Waals surface area contributed by atoms with Gasteiger partial charge in [-0.05, 0) is 63.8 Å². The van der Waals surface area contributed by atoms with Gasteiger partial charge in [0.15, 0.2) is 0 Å². The van der Waals surface area contributed by atoms with Crippen LogP contribution < -0.4 is 9.66 Å². The van der Waals surface area contributed by atoms with Gasteiger partial charge in [-0.2, -0.15) is 27.0 Å². The largest absolute Gasteiger partial charge is 0.392 e. The zero-order valence-corrected chi connectivity index (χ0v) is 20.6. The van der Waals surface area contributed by atoms with Crippen LogP contribution in [0.4, 0.5) is 0 Å². The number of hydrogen-bond acceptors (Lipinski definition) is 7. The first-order chi connectivity index (χ1) is 16.1. The molecule has 2 aromatic carbocycles. The molecule has 0 aliphatic heterocycles. The number of aryl methyl sites for hydroxylation is 2. The van der Waals surface area contributed by atoms with Gasteiger partial charge in [0.2, 0.25) is 0 Å². The van der Waals surface area contributed by atoms with Crippen molar-refractivity contribution in [2.75, 3.05) is 0 Å². The first-order valence-electron chi connectivity index (χ1n) is 11.0. The van der Waals surface area contributed by atoms with Gasteiger partial charge in [-0.15, -0.1) is 0 Å². The molecule has 9 nitrogen and oxygen atoms in total. The summed E-state index contributed by atoms with van der Waals surface area (Å²) in [5, 5.41) is 19.2. The molecule has 2 atom stereocenters. The topological polar surface area (TPSA) is 137 Å². The highest BCUT2D eigenvalue weighted by Crippen LogP contribution is 2.37. The van der Waals surface area contributed by atoms with Crippen LogP contribution in [0.1, 0.15) is 36.8 Å². The normalized spacial score (nSPS) is 25.3. The first kappa shape index (κ1) is 24.4. The maximum atomic E-state index is 12.5. The molecule has 2 aliphatic carbocycles. The summed E-state index contributed by atoms with van der Waals surface area (Å²) in [4.78, 5) is 4.83. The van der Waals surface area contributed by atoms with E-state index in [0.29, 0.717) is 37.1 Å². The minimum Gasteiger partial charge on any atom is -0.392 e. The van der Waals surface area contributed by atoms with E-state index in [9.17, 15) is 21.9 Å². The van der Waals surface area contributed by atoms with Gasteiger partial charge in [0, 0.05) is 23.3 Å². The Balaban J connectivity index is 1.44. The molecular formula is C23H28N4O5S2. The second-order valence-corrected chi connectivity index (χ2v) is 12.1. The summed E-state index contributed by atoms with van der Waals surface area (Å²) in [5.74, 6) is -0.626. The second-order valence-electron chi connectivity index (χ2n) is 8.80. The number of rotatable bonds is 6. The maximum Gasteiger partial charge on any atom is 0.276 e. The Morgan fingerprint density at radius 1 is 0.706 bits per heavy atom. The zero-order chi connectivity index (χ0) is 24.5. The number of aliphatic hydroxyl groups is 1. The number of sulfonamides is 2. The highest BCUT2D eigenvalue weighted by Gasteiger charge is 2.42. The lowest BCUT2D eigenvalue weighted by molar-refractivity contribution is 0.0759. The summed E-state index contributed by atoms with van der Waals surface area (Å²) < 4.78 is 50.2. The quantitative estimate of drug-likeness (QED) is 0.519. The van der Waals surface area contributed by atoms with E-state index in [-0.39, 0.29) is 21.6 Å². The van der Waals surface area contributed by atoms with E-state index >= 15 is 0 Å². The molecule has 34 heavy (non-hydrogen) atoms. The van der Waals surface area contributed by atoms with Crippen molar-refractivity contribution in [1.82, 2.24) is 9.66 Å². The number of aliphatic hydroxyl groups excluding tert-OH is 1. The molecule has 0 spiro atoms. The van der Waals surface area contributed by atoms with Crippen molar-refractivity contribution >= 4 is 31.5 Å². The van der Waals surface area contributed by atoms with E-state index in [2.05, 4.69) is 19.9 Å². The number of nitrogens with one attached hydrogen (secondary N) is 2. The highest BCUT2D eigenvalue weighted by atomic mass is 32.2. The van der Waals surface area contributed by atoms with Crippen LogP contribution in [-0.2, 0) is 20.0 Å². The Labute approximate surface area is 200 Å². The van der Waals surface area contributed by atoms with Crippen LogP contribution >= 0.6 is 0 Å². The van der Waals surface area contributed by atoms with Crippen molar-refractivity contribution < 1.29 is 21.9 Å². The van der Waals surface area contributed by atoms with E-state index in [0.717, 1.165) is 11.1 Å². The molecule has 2 unspecified atom stereocenters. The summed E-state index contributed by atoms with van der Waals surface area (Å²) in [6.07, 6.45) is 1.13. The molecule has 0 amide bonds. The summed E-state index contributed by atoms with van der Waals surface area (Å²) >= 11 is 0. The third-order valence-corrected chi connectivity index (χ3v) is 8.83. The number of nitrogens with zero attached hydrogens (tertiary/aromatic N) is 2. The predicted molar refractivity (Wildman–Crippen MR) is 129 cm³/mol. The molecule has 2 aromatic rings. The molecule has 3 N–H and O–H groups in total. The van der Waals surface area contributed by atoms with Gasteiger partial charge < -0.3 is 5.11 Å². The van der Waals surface area contributed by atoms with E-state index in [1.54, 1.807) is 24.3 Å². The van der Waals surface area contributed by atoms with Gasteiger partial charge >= 0.3 is 0 Å². The predicted octanol–water partition coefficient (Wildman–Crippen LogP) is 2.45. The molecule has 2 saturated carbocycles. The van der Waals surface area contributed by atoms with E-state index < -0.39 is 26.2 Å². The molecule has 2 bridgehead atoms. The Morgan fingerprint density at radius 3 is 1.41 bits per heavy atom. The van der Waals surface area contributed by atoms with Gasteiger partial charge in [0.05, 0.1) is 15.9 Å². The minimum atomic E-state index is -3.81. The lowest BCUT2D eigenvalue weighted by Crippen LogP contribution is -2.48. The number of hydrazone groups is 2.